The lowest BCUT2D eigenvalue weighted by Gasteiger charge is -2.19. The van der Waals surface area contributed by atoms with Crippen molar-refractivity contribution in [2.45, 2.75) is 73.3 Å². The monoisotopic (exact) mass is 290 g/mol. The summed E-state index contributed by atoms with van der Waals surface area (Å²) in [6.07, 6.45) is 4.90. The molecule has 1 heterocycles. The van der Waals surface area contributed by atoms with Gasteiger partial charge < -0.3 is 9.47 Å². The van der Waals surface area contributed by atoms with E-state index in [-0.39, 0.29) is 24.6 Å². The van der Waals surface area contributed by atoms with E-state index in [1.165, 1.54) is 0 Å². The molecule has 0 aromatic heterocycles. The smallest absolute Gasteiger partial charge is 0.308 e. The summed E-state index contributed by atoms with van der Waals surface area (Å²) in [5, 5.41) is 0. The minimum Gasteiger partial charge on any atom is -0.459 e. The minimum atomic E-state index is -1.76. The number of halogens is 1. The van der Waals surface area contributed by atoms with Crippen LogP contribution in [0.1, 0.15) is 61.3 Å². The lowest BCUT2D eigenvalue weighted by molar-refractivity contribution is -0.183. The maximum Gasteiger partial charge on any atom is 0.308 e. The van der Waals surface area contributed by atoms with Crippen LogP contribution in [0.25, 0.3) is 0 Å². The molecule has 120 valence electrons. The number of carbonyl (C=O) groups is 1. The van der Waals surface area contributed by atoms with E-state index >= 15 is 0 Å². The highest BCUT2D eigenvalue weighted by molar-refractivity contribution is 5.71. The van der Waals surface area contributed by atoms with E-state index in [4.69, 9.17) is 9.47 Å². The highest BCUT2D eigenvalue weighted by atomic mass is 19.2. The second-order valence-corrected chi connectivity index (χ2v) is 4.78. The quantitative estimate of drug-likeness (QED) is 0.560. The van der Waals surface area contributed by atoms with Crippen molar-refractivity contribution in [2.24, 2.45) is 5.92 Å². The van der Waals surface area contributed by atoms with Gasteiger partial charge in [0.05, 0.1) is 12.0 Å². The Morgan fingerprint density at radius 1 is 1.40 bits per heavy atom. The van der Waals surface area contributed by atoms with Crippen molar-refractivity contribution < 1.29 is 18.7 Å². The molecule has 4 heteroatoms. The van der Waals surface area contributed by atoms with E-state index < -0.39 is 5.85 Å². The standard InChI is InChI=1S/C10H17FO3.C4H8.C2H6/c1-7(2)9(12)13-6-10(11)5-4-8(3)14-10;1-3-4-2;1-2/h7-8H,4-6H2,1-3H3;3-4H,1-2H3;1-2H3/b;4-3-;/t8?,10-;;/m0../s1. The fraction of sp³-hybridized carbons (Fsp3) is 0.812. The Bertz CT molecular complexity index is 273. The first kappa shape index (κ1) is 21.4. The van der Waals surface area contributed by atoms with Crippen LogP contribution >= 0.6 is 0 Å². The second kappa shape index (κ2) is 11.9. The Morgan fingerprint density at radius 2 is 1.90 bits per heavy atom. The predicted octanol–water partition coefficient (Wildman–Crippen LogP) is 4.66. The van der Waals surface area contributed by atoms with Gasteiger partial charge in [-0.2, -0.15) is 0 Å². The van der Waals surface area contributed by atoms with Gasteiger partial charge in [-0.3, -0.25) is 4.79 Å². The highest BCUT2D eigenvalue weighted by Crippen LogP contribution is 2.31. The first-order chi connectivity index (χ1) is 9.34. The molecule has 2 atom stereocenters. The lowest BCUT2D eigenvalue weighted by atomic mass is 10.2. The van der Waals surface area contributed by atoms with Gasteiger partial charge in [0.2, 0.25) is 5.85 Å². The Kier molecular flexibility index (Phi) is 12.7. The maximum absolute atomic E-state index is 13.7. The van der Waals surface area contributed by atoms with Gasteiger partial charge in [0.25, 0.3) is 0 Å². The van der Waals surface area contributed by atoms with E-state index in [0.717, 1.165) is 0 Å². The van der Waals surface area contributed by atoms with Crippen LogP contribution < -0.4 is 0 Å². The third-order valence-corrected chi connectivity index (χ3v) is 2.57. The molecule has 1 unspecified atom stereocenters. The molecule has 20 heavy (non-hydrogen) atoms. The molecule has 0 amide bonds. The molecule has 0 spiro atoms. The second-order valence-electron chi connectivity index (χ2n) is 4.78. The van der Waals surface area contributed by atoms with Gasteiger partial charge in [0.15, 0.2) is 6.61 Å². The van der Waals surface area contributed by atoms with Gasteiger partial charge in [-0.05, 0) is 27.2 Å². The van der Waals surface area contributed by atoms with Gasteiger partial charge in [-0.15, -0.1) is 0 Å². The van der Waals surface area contributed by atoms with Crippen LogP contribution in [0, 0.1) is 5.92 Å². The number of carbonyl (C=O) groups excluding carboxylic acids is 1. The van der Waals surface area contributed by atoms with Crippen molar-refractivity contribution in [3.63, 3.8) is 0 Å². The van der Waals surface area contributed by atoms with Crippen LogP contribution in [0.4, 0.5) is 4.39 Å². The minimum absolute atomic E-state index is 0.0854. The average Bonchev–Trinajstić information content (AvgIpc) is 2.78. The largest absolute Gasteiger partial charge is 0.459 e. The molecular formula is C16H31FO3. The summed E-state index contributed by atoms with van der Waals surface area (Å²) in [6, 6.07) is 0. The Balaban J connectivity index is 0. The number of esters is 1. The Labute approximate surface area is 123 Å². The zero-order valence-corrected chi connectivity index (χ0v) is 14.0. The average molecular weight is 290 g/mol. The molecule has 0 aliphatic carbocycles. The third-order valence-electron chi connectivity index (χ3n) is 2.57. The number of rotatable bonds is 3. The normalized spacial score (nSPS) is 24.8. The van der Waals surface area contributed by atoms with Crippen LogP contribution in [-0.2, 0) is 14.3 Å². The first-order valence-electron chi connectivity index (χ1n) is 7.45. The van der Waals surface area contributed by atoms with Gasteiger partial charge in [-0.1, -0.05) is 39.8 Å². The predicted molar refractivity (Wildman–Crippen MR) is 81.3 cm³/mol. The number of hydrogen-bond donors (Lipinski definition) is 0. The van der Waals surface area contributed by atoms with Crippen molar-refractivity contribution in [1.29, 1.82) is 0 Å². The van der Waals surface area contributed by atoms with E-state index in [1.807, 2.05) is 46.8 Å². The molecule has 1 rings (SSSR count). The molecule has 3 nitrogen and oxygen atoms in total. The van der Waals surface area contributed by atoms with Crippen molar-refractivity contribution >= 4 is 5.97 Å². The Hall–Kier alpha value is -0.900. The highest BCUT2D eigenvalue weighted by Gasteiger charge is 2.40. The molecule has 1 fully saturated rings. The molecule has 0 saturated carbocycles. The molecule has 0 aromatic rings. The fourth-order valence-corrected chi connectivity index (χ4v) is 1.35. The van der Waals surface area contributed by atoms with E-state index in [1.54, 1.807) is 13.8 Å². The first-order valence-corrected chi connectivity index (χ1v) is 7.45. The van der Waals surface area contributed by atoms with Crippen molar-refractivity contribution in [1.82, 2.24) is 0 Å². The zero-order valence-electron chi connectivity index (χ0n) is 14.0. The number of ether oxygens (including phenoxy) is 2. The summed E-state index contributed by atoms with van der Waals surface area (Å²) in [6.45, 7) is 13.0. The van der Waals surface area contributed by atoms with Crippen LogP contribution in [-0.4, -0.2) is 24.5 Å². The summed E-state index contributed by atoms with van der Waals surface area (Å²) in [5.41, 5.74) is 0. The fourth-order valence-electron chi connectivity index (χ4n) is 1.35. The molecule has 0 N–H and O–H groups in total. The van der Waals surface area contributed by atoms with Gasteiger partial charge in [0, 0.05) is 6.42 Å². The number of hydrogen-bond acceptors (Lipinski definition) is 3. The lowest BCUT2D eigenvalue weighted by Crippen LogP contribution is -2.31. The number of alkyl halides is 1. The summed E-state index contributed by atoms with van der Waals surface area (Å²) in [4.78, 5) is 11.1. The third kappa shape index (κ3) is 9.96. The zero-order chi connectivity index (χ0) is 16.2. The van der Waals surface area contributed by atoms with Crippen LogP contribution in [0.3, 0.4) is 0 Å². The van der Waals surface area contributed by atoms with E-state index in [9.17, 15) is 9.18 Å². The Morgan fingerprint density at radius 3 is 2.20 bits per heavy atom. The molecular weight excluding hydrogens is 259 g/mol. The SMILES string of the molecule is C/C=C\C.CC.CC1CC[C@@](F)(COC(=O)C(C)C)O1. The van der Waals surface area contributed by atoms with Crippen LogP contribution in [0.5, 0.6) is 0 Å². The van der Waals surface area contributed by atoms with Crippen LogP contribution in [0.15, 0.2) is 12.2 Å². The van der Waals surface area contributed by atoms with E-state index in [2.05, 4.69) is 0 Å². The van der Waals surface area contributed by atoms with Gasteiger partial charge in [0.1, 0.15) is 0 Å². The van der Waals surface area contributed by atoms with Crippen molar-refractivity contribution in [3.8, 4) is 0 Å². The summed E-state index contributed by atoms with van der Waals surface area (Å²) < 4.78 is 23.5. The van der Waals surface area contributed by atoms with Gasteiger partial charge >= 0.3 is 5.97 Å². The molecule has 1 saturated heterocycles. The number of allylic oxidation sites excluding steroid dienone is 2. The summed E-state index contributed by atoms with van der Waals surface area (Å²) in [5.74, 6) is -2.37. The molecule has 0 radical (unpaired) electrons. The van der Waals surface area contributed by atoms with Crippen molar-refractivity contribution in [3.05, 3.63) is 12.2 Å². The van der Waals surface area contributed by atoms with Crippen molar-refractivity contribution in [2.75, 3.05) is 6.61 Å². The molecule has 0 aromatic carbocycles. The van der Waals surface area contributed by atoms with E-state index in [0.29, 0.717) is 12.8 Å². The molecule has 1 aliphatic heterocycles. The summed E-state index contributed by atoms with van der Waals surface area (Å²) in [7, 11) is 0. The van der Waals surface area contributed by atoms with Gasteiger partial charge in [-0.25, -0.2) is 4.39 Å². The topological polar surface area (TPSA) is 35.5 Å². The molecule has 1 aliphatic rings. The molecule has 0 bridgehead atoms. The summed E-state index contributed by atoms with van der Waals surface area (Å²) >= 11 is 0. The maximum atomic E-state index is 13.7. The van der Waals surface area contributed by atoms with Crippen LogP contribution in [0.2, 0.25) is 0 Å².